The van der Waals surface area contributed by atoms with Crippen LogP contribution in [0, 0.1) is 11.8 Å². The van der Waals surface area contributed by atoms with Gasteiger partial charge in [-0.25, -0.2) is 19.6 Å². The van der Waals surface area contributed by atoms with E-state index in [2.05, 4.69) is 54.8 Å². The molecule has 4 heterocycles. The van der Waals surface area contributed by atoms with E-state index in [1.807, 2.05) is 65.0 Å². The summed E-state index contributed by atoms with van der Waals surface area (Å²) in [6, 6.07) is 14.4. The van der Waals surface area contributed by atoms with Crippen molar-refractivity contribution in [2.45, 2.75) is 71.6 Å². The van der Waals surface area contributed by atoms with Crippen molar-refractivity contribution in [1.82, 2.24) is 40.4 Å². The van der Waals surface area contributed by atoms with Gasteiger partial charge in [0.25, 0.3) is 0 Å². The van der Waals surface area contributed by atoms with Crippen LogP contribution in [0.1, 0.15) is 71.2 Å². The lowest BCUT2D eigenvalue weighted by atomic mass is 10.0. The number of benzene rings is 2. The van der Waals surface area contributed by atoms with Gasteiger partial charge < -0.3 is 39.9 Å². The minimum atomic E-state index is -0.732. The molecule has 2 aliphatic rings. The highest BCUT2D eigenvalue weighted by molar-refractivity contribution is 5.87. The zero-order chi connectivity index (χ0) is 39.4. The second-order valence-electron chi connectivity index (χ2n) is 14.8. The summed E-state index contributed by atoms with van der Waals surface area (Å²) < 4.78 is 9.51. The zero-order valence-corrected chi connectivity index (χ0v) is 32.4. The number of hydrogen-bond acceptors (Lipinski definition) is 8. The van der Waals surface area contributed by atoms with E-state index >= 15 is 0 Å². The van der Waals surface area contributed by atoms with Gasteiger partial charge in [0.2, 0.25) is 11.8 Å². The molecule has 0 saturated carbocycles. The van der Waals surface area contributed by atoms with Crippen LogP contribution >= 0.6 is 0 Å². The van der Waals surface area contributed by atoms with Crippen molar-refractivity contribution in [2.24, 2.45) is 11.8 Å². The van der Waals surface area contributed by atoms with Crippen molar-refractivity contribution in [2.75, 3.05) is 27.3 Å². The lowest BCUT2D eigenvalue weighted by molar-refractivity contribution is -0.136. The maximum absolute atomic E-state index is 13.6. The summed E-state index contributed by atoms with van der Waals surface area (Å²) in [7, 11) is 2.57. The summed E-state index contributed by atoms with van der Waals surface area (Å²) in [5.74, 6) is 0.780. The Bertz CT molecular complexity index is 2030. The summed E-state index contributed by atoms with van der Waals surface area (Å²) in [6.45, 7) is 10.6. The molecule has 1 saturated heterocycles. The van der Waals surface area contributed by atoms with Gasteiger partial charge in [0.05, 0.1) is 44.0 Å². The van der Waals surface area contributed by atoms with Crippen LogP contribution in [0.25, 0.3) is 33.6 Å². The van der Waals surface area contributed by atoms with E-state index in [9.17, 15) is 19.2 Å². The fourth-order valence-electron chi connectivity index (χ4n) is 7.26. The molecule has 0 radical (unpaired) electrons. The summed E-state index contributed by atoms with van der Waals surface area (Å²) in [6.07, 6.45) is 5.95. The van der Waals surface area contributed by atoms with Crippen molar-refractivity contribution in [3.8, 4) is 33.6 Å². The number of aromatic nitrogens is 4. The maximum Gasteiger partial charge on any atom is 0.407 e. The van der Waals surface area contributed by atoms with Crippen molar-refractivity contribution < 1.29 is 28.7 Å². The SMILES string of the molecule is COC(=O)NC(C(=O)N1CC(C)=C[C@H]1c1ncc(-c2ccc(-c3ccc(-c4cnc([C@@H]5CCCN5C(=O)C(NC(=O)OC)C(C)C)[nH]4)cc3)cc2)[nH]1)C(C)C. The van der Waals surface area contributed by atoms with Crippen LogP contribution in [0.5, 0.6) is 0 Å². The lowest BCUT2D eigenvalue weighted by Gasteiger charge is -2.30. The number of H-pyrrole nitrogens is 2. The molecule has 6 rings (SSSR count). The van der Waals surface area contributed by atoms with Crippen LogP contribution in [0.2, 0.25) is 0 Å². The van der Waals surface area contributed by atoms with Gasteiger partial charge in [-0.15, -0.1) is 0 Å². The number of aromatic amines is 2. The van der Waals surface area contributed by atoms with Gasteiger partial charge in [-0.3, -0.25) is 9.59 Å². The molecule has 4 atom stereocenters. The summed E-state index contributed by atoms with van der Waals surface area (Å²) in [5.41, 5.74) is 6.74. The molecule has 0 aliphatic carbocycles. The lowest BCUT2D eigenvalue weighted by Crippen LogP contribution is -2.51. The largest absolute Gasteiger partial charge is 0.453 e. The quantitative estimate of drug-likeness (QED) is 0.128. The first kappa shape index (κ1) is 38.8. The fourth-order valence-corrected chi connectivity index (χ4v) is 7.26. The number of imidazole rings is 2. The second-order valence-corrected chi connectivity index (χ2v) is 14.8. The van der Waals surface area contributed by atoms with Crippen LogP contribution in [0.15, 0.2) is 72.6 Å². The molecular weight excluding hydrogens is 701 g/mol. The molecule has 4 N–H and O–H groups in total. The van der Waals surface area contributed by atoms with E-state index in [1.54, 1.807) is 22.2 Å². The van der Waals surface area contributed by atoms with E-state index < -0.39 is 30.3 Å². The van der Waals surface area contributed by atoms with Crippen molar-refractivity contribution >= 4 is 24.0 Å². The molecule has 1 fully saturated rings. The Morgan fingerprint density at radius 3 is 1.65 bits per heavy atom. The van der Waals surface area contributed by atoms with Gasteiger partial charge in [0.15, 0.2) is 0 Å². The number of nitrogens with one attached hydrogen (secondary N) is 4. The number of rotatable bonds is 11. The minimum absolute atomic E-state index is 0.107. The number of carbonyl (C=O) groups excluding carboxylic acids is 4. The standard InChI is InChI=1S/C41H50N8O6/c1-23(2)34(46-40(52)54-6)38(50)48-18-8-9-32(48)36-42-20-30(44-36)28-14-10-26(11-15-28)27-12-16-29(17-13-27)31-21-43-37(45-31)33-19-25(5)22-49(33)39(51)35(24(3)4)47-41(53)55-7/h10-17,19-21,23-24,32-35H,8-9,18,22H2,1-7H3,(H,42,44)(H,43,45)(H,46,52)(H,47,53)/t32-,33-,34?,35?/m0/s1. The Balaban J connectivity index is 1.12. The average Bonchev–Trinajstić information content (AvgIpc) is 4.02. The topological polar surface area (TPSA) is 175 Å². The maximum atomic E-state index is 13.6. The molecule has 55 heavy (non-hydrogen) atoms. The van der Waals surface area contributed by atoms with Gasteiger partial charge in [0.1, 0.15) is 29.8 Å². The first-order chi connectivity index (χ1) is 26.4. The molecule has 2 aromatic carbocycles. The Kier molecular flexibility index (Phi) is 11.7. The van der Waals surface area contributed by atoms with E-state index in [0.717, 1.165) is 57.9 Å². The van der Waals surface area contributed by atoms with E-state index in [0.29, 0.717) is 18.9 Å². The van der Waals surface area contributed by atoms with Crippen molar-refractivity contribution in [3.63, 3.8) is 0 Å². The smallest absolute Gasteiger partial charge is 0.407 e. The van der Waals surface area contributed by atoms with Crippen LogP contribution < -0.4 is 10.6 Å². The number of hydrogen-bond donors (Lipinski definition) is 4. The van der Waals surface area contributed by atoms with Crippen LogP contribution in [-0.2, 0) is 19.1 Å². The normalized spacial score (nSPS) is 17.9. The van der Waals surface area contributed by atoms with Crippen LogP contribution in [-0.4, -0.2) is 93.1 Å². The number of ether oxygens (including phenoxy) is 2. The number of methoxy groups -OCH3 is 2. The van der Waals surface area contributed by atoms with Crippen LogP contribution in [0.4, 0.5) is 9.59 Å². The number of carbonyl (C=O) groups is 4. The van der Waals surface area contributed by atoms with Crippen molar-refractivity contribution in [1.29, 1.82) is 0 Å². The molecule has 4 aromatic rings. The summed E-state index contributed by atoms with van der Waals surface area (Å²) in [4.78, 5) is 70.8. The molecule has 2 unspecified atom stereocenters. The summed E-state index contributed by atoms with van der Waals surface area (Å²) in [5, 5.41) is 5.37. The molecule has 0 spiro atoms. The first-order valence-corrected chi connectivity index (χ1v) is 18.7. The van der Waals surface area contributed by atoms with Gasteiger partial charge in [-0.1, -0.05) is 87.9 Å². The third-order valence-electron chi connectivity index (χ3n) is 10.3. The Hall–Kier alpha value is -5.92. The molecule has 0 bridgehead atoms. The van der Waals surface area contributed by atoms with Crippen LogP contribution in [0.3, 0.4) is 0 Å². The predicted molar refractivity (Wildman–Crippen MR) is 207 cm³/mol. The number of nitrogens with zero attached hydrogens (tertiary/aromatic N) is 4. The number of likely N-dealkylation sites (tertiary alicyclic amines) is 1. The first-order valence-electron chi connectivity index (χ1n) is 18.7. The Morgan fingerprint density at radius 1 is 0.709 bits per heavy atom. The highest BCUT2D eigenvalue weighted by Crippen LogP contribution is 2.34. The highest BCUT2D eigenvalue weighted by Gasteiger charge is 2.38. The van der Waals surface area contributed by atoms with Gasteiger partial charge in [-0.05, 0) is 53.9 Å². The van der Waals surface area contributed by atoms with Gasteiger partial charge in [-0.2, -0.15) is 0 Å². The van der Waals surface area contributed by atoms with E-state index in [1.165, 1.54) is 14.2 Å². The van der Waals surface area contributed by atoms with Crippen molar-refractivity contribution in [3.05, 3.63) is 84.2 Å². The van der Waals surface area contributed by atoms with Gasteiger partial charge in [0, 0.05) is 13.1 Å². The predicted octanol–water partition coefficient (Wildman–Crippen LogP) is 6.39. The monoisotopic (exact) mass is 750 g/mol. The molecule has 2 aliphatic heterocycles. The number of alkyl carbamates (subject to hydrolysis) is 2. The third-order valence-corrected chi connectivity index (χ3v) is 10.3. The third kappa shape index (κ3) is 8.43. The van der Waals surface area contributed by atoms with Gasteiger partial charge >= 0.3 is 12.2 Å². The second kappa shape index (κ2) is 16.6. The Labute approximate surface area is 321 Å². The summed E-state index contributed by atoms with van der Waals surface area (Å²) >= 11 is 0. The molecule has 4 amide bonds. The fraction of sp³-hybridized carbons (Fsp3) is 0.415. The molecule has 2 aromatic heterocycles. The van der Waals surface area contributed by atoms with E-state index in [-0.39, 0.29) is 29.7 Å². The molecule has 290 valence electrons. The van der Waals surface area contributed by atoms with E-state index in [4.69, 9.17) is 9.47 Å². The number of amides is 4. The average molecular weight is 751 g/mol. The molecule has 14 heteroatoms. The highest BCUT2D eigenvalue weighted by atomic mass is 16.5. The molecular formula is C41H50N8O6. The molecule has 14 nitrogen and oxygen atoms in total. The zero-order valence-electron chi connectivity index (χ0n) is 32.4. The Morgan fingerprint density at radius 2 is 1.16 bits per heavy atom. The minimum Gasteiger partial charge on any atom is -0.453 e.